The van der Waals surface area contributed by atoms with Gasteiger partial charge in [0.2, 0.25) is 5.71 Å². The second kappa shape index (κ2) is 9.77. The molecule has 0 atom stereocenters. The highest BCUT2D eigenvalue weighted by molar-refractivity contribution is 6.26. The van der Waals surface area contributed by atoms with E-state index >= 15 is 0 Å². The highest BCUT2D eigenvalue weighted by Gasteiger charge is 2.43. The summed E-state index contributed by atoms with van der Waals surface area (Å²) in [5.41, 5.74) is 34.3. The molecule has 0 aromatic heterocycles. The van der Waals surface area contributed by atoms with Crippen molar-refractivity contribution in [2.75, 3.05) is 37.0 Å². The molecule has 2 aliphatic carbocycles. The summed E-state index contributed by atoms with van der Waals surface area (Å²) in [4.78, 5) is 3.64. The first-order chi connectivity index (χ1) is 21.7. The van der Waals surface area contributed by atoms with E-state index in [1.54, 1.807) is 24.3 Å². The summed E-state index contributed by atoms with van der Waals surface area (Å²) in [5.74, 6) is -0.103. The molecule has 0 saturated heterocycles. The fourth-order valence-electron chi connectivity index (χ4n) is 6.92. The van der Waals surface area contributed by atoms with Crippen LogP contribution < -0.4 is 22.9 Å². The van der Waals surface area contributed by atoms with Crippen LogP contribution in [-0.2, 0) is 0 Å². The van der Waals surface area contributed by atoms with Crippen molar-refractivity contribution < 1.29 is 9.68 Å². The zero-order chi connectivity index (χ0) is 31.7. The number of aliphatic hydroxyl groups is 1. The van der Waals surface area contributed by atoms with Crippen molar-refractivity contribution in [3.05, 3.63) is 141 Å². The van der Waals surface area contributed by atoms with Gasteiger partial charge in [-0.2, -0.15) is 0 Å². The lowest BCUT2D eigenvalue weighted by Crippen LogP contribution is -2.27. The van der Waals surface area contributed by atoms with Crippen LogP contribution in [0.4, 0.5) is 22.7 Å². The summed E-state index contributed by atoms with van der Waals surface area (Å²) in [6.45, 7) is 8.03. The Labute approximate surface area is 259 Å². The fourth-order valence-corrected chi connectivity index (χ4v) is 6.92. The molecule has 0 unspecified atom stereocenters. The van der Waals surface area contributed by atoms with Gasteiger partial charge in [-0.25, -0.2) is 14.7 Å². The third-order valence-electron chi connectivity index (χ3n) is 8.65. The van der Waals surface area contributed by atoms with Crippen LogP contribution in [0.2, 0.25) is 0 Å². The van der Waals surface area contributed by atoms with Gasteiger partial charge in [-0.05, 0) is 53.2 Å². The number of benzene rings is 5. The van der Waals surface area contributed by atoms with Gasteiger partial charge >= 0.3 is 0 Å². The number of hydrogen-bond acceptors (Lipinski definition) is 6. The van der Waals surface area contributed by atoms with Gasteiger partial charge in [0.05, 0.1) is 23.8 Å². The van der Waals surface area contributed by atoms with Crippen LogP contribution in [0.25, 0.3) is 37.5 Å². The van der Waals surface area contributed by atoms with Gasteiger partial charge in [-0.15, -0.1) is 0 Å². The molecule has 0 radical (unpaired) electrons. The van der Waals surface area contributed by atoms with E-state index in [1.807, 2.05) is 73.3 Å². The van der Waals surface area contributed by atoms with Crippen LogP contribution in [0.3, 0.4) is 0 Å². The van der Waals surface area contributed by atoms with Gasteiger partial charge in [0.1, 0.15) is 19.9 Å². The Balaban J connectivity index is 1.74. The van der Waals surface area contributed by atoms with Crippen molar-refractivity contribution in [1.82, 2.24) is 0 Å². The van der Waals surface area contributed by atoms with E-state index in [9.17, 15) is 10.4 Å². The van der Waals surface area contributed by atoms with Crippen LogP contribution in [-0.4, -0.2) is 29.5 Å². The number of anilines is 4. The van der Waals surface area contributed by atoms with E-state index in [0.29, 0.717) is 66.9 Å². The minimum atomic E-state index is -0.186. The molecule has 0 spiro atoms. The molecule has 9 N–H and O–H groups in total. The summed E-state index contributed by atoms with van der Waals surface area (Å²) in [5, 5.41) is 25.6. The zero-order valence-electron chi connectivity index (χ0n) is 24.6. The standard InChI is InChI=1S/C37H27N7O/c1-43-26(17-38)31-34(32-27-18(8-4-12-22(27)39)16-19-9-5-13-23(40)28(19)32)37(45)35(31)33-29-20(10-6-14-24(29)41)36(44(2)3)21-11-7-15-25(42)30(21)33/h4-16H,39-42H2,2-3H3/p+1/b31-26+. The smallest absolute Gasteiger partial charge is 0.270 e. The molecule has 0 heterocycles. The molecule has 216 valence electrons. The molecule has 0 amide bonds. The van der Waals surface area contributed by atoms with Crippen molar-refractivity contribution in [1.29, 1.82) is 5.26 Å². The lowest BCUT2D eigenvalue weighted by Gasteiger charge is -2.35. The Morgan fingerprint density at radius 1 is 0.711 bits per heavy atom. The Hall–Kier alpha value is -6.51. The van der Waals surface area contributed by atoms with Gasteiger partial charge < -0.3 is 28.0 Å². The van der Waals surface area contributed by atoms with Gasteiger partial charge in [0, 0.05) is 72.5 Å². The highest BCUT2D eigenvalue weighted by Crippen LogP contribution is 2.57. The van der Waals surface area contributed by atoms with Crippen molar-refractivity contribution >= 4 is 61.2 Å². The summed E-state index contributed by atoms with van der Waals surface area (Å²) in [7, 11) is 3.90. The molecule has 45 heavy (non-hydrogen) atoms. The van der Waals surface area contributed by atoms with Crippen molar-refractivity contribution in [2.24, 2.45) is 0 Å². The van der Waals surface area contributed by atoms with E-state index in [-0.39, 0.29) is 17.0 Å². The van der Waals surface area contributed by atoms with Crippen LogP contribution in [0, 0.1) is 17.9 Å². The Kier molecular flexibility index (Phi) is 5.93. The van der Waals surface area contributed by atoms with E-state index in [0.717, 1.165) is 27.6 Å². The van der Waals surface area contributed by atoms with Gasteiger partial charge in [-0.1, -0.05) is 36.4 Å². The normalized spacial score (nSPS) is 14.9. The fraction of sp³-hybridized carbons (Fsp3) is 0.0541. The number of nitrogen functional groups attached to an aromatic ring is 4. The second-order valence-corrected chi connectivity index (χ2v) is 11.3. The summed E-state index contributed by atoms with van der Waals surface area (Å²) < 4.78 is 2.00. The van der Waals surface area contributed by atoms with Gasteiger partial charge in [0.15, 0.2) is 0 Å². The molecule has 0 fully saturated rings. The molecule has 2 aliphatic rings. The third-order valence-corrected chi connectivity index (χ3v) is 8.65. The van der Waals surface area contributed by atoms with Crippen LogP contribution >= 0.6 is 0 Å². The third kappa shape index (κ3) is 3.67. The first-order valence-electron chi connectivity index (χ1n) is 14.2. The molecule has 0 bridgehead atoms. The quantitative estimate of drug-likeness (QED) is 0.0506. The topological polar surface area (TPSA) is 155 Å². The van der Waals surface area contributed by atoms with Crippen LogP contribution in [0.15, 0.2) is 101 Å². The van der Waals surface area contributed by atoms with Crippen molar-refractivity contribution in [2.45, 2.75) is 0 Å². The number of aliphatic hydroxyl groups excluding tert-OH is 1. The first-order valence-corrected chi connectivity index (χ1v) is 14.2. The SMILES string of the molecule is [C-]#[N+]/C(C#N)=C1/C(=C2c3c(N)cccc3C(=[N+](C)C)c3cccc(N)c32)C(O)=C1c1c2c(N)cccc2cc2cccc(N)c12. The average molecular weight is 587 g/mol. The molecular weight excluding hydrogens is 558 g/mol. The van der Waals surface area contributed by atoms with Crippen molar-refractivity contribution in [3.8, 4) is 6.07 Å². The van der Waals surface area contributed by atoms with Crippen LogP contribution in [0.1, 0.15) is 27.8 Å². The molecule has 8 heteroatoms. The maximum Gasteiger partial charge on any atom is 0.270 e. The number of nitrogens with zero attached hydrogens (tertiary/aromatic N) is 3. The van der Waals surface area contributed by atoms with E-state index in [4.69, 9.17) is 29.5 Å². The van der Waals surface area contributed by atoms with E-state index < -0.39 is 0 Å². The number of rotatable bonds is 1. The minimum absolute atomic E-state index is 0.103. The predicted molar refractivity (Wildman–Crippen MR) is 182 cm³/mol. The first kappa shape index (κ1) is 27.3. The monoisotopic (exact) mass is 586 g/mol. The molecule has 7 rings (SSSR count). The number of fused-ring (bicyclic) bond motifs is 4. The van der Waals surface area contributed by atoms with Crippen molar-refractivity contribution in [3.63, 3.8) is 0 Å². The minimum Gasteiger partial charge on any atom is -0.507 e. The van der Waals surface area contributed by atoms with Crippen LogP contribution in [0.5, 0.6) is 0 Å². The molecule has 5 aromatic rings. The number of hydrogen-bond donors (Lipinski definition) is 5. The van der Waals surface area contributed by atoms with Gasteiger partial charge in [-0.3, -0.25) is 0 Å². The van der Waals surface area contributed by atoms with E-state index in [1.165, 1.54) is 0 Å². The number of nitriles is 1. The number of allylic oxidation sites excluding steroid dienone is 3. The highest BCUT2D eigenvalue weighted by atomic mass is 16.3. The van der Waals surface area contributed by atoms with E-state index in [2.05, 4.69) is 10.9 Å². The maximum atomic E-state index is 12.3. The Morgan fingerprint density at radius 3 is 1.67 bits per heavy atom. The summed E-state index contributed by atoms with van der Waals surface area (Å²) in [6, 6.07) is 26.5. The lowest BCUT2D eigenvalue weighted by molar-refractivity contribution is -0.463. The largest absolute Gasteiger partial charge is 0.507 e. The lowest BCUT2D eigenvalue weighted by atomic mass is 9.68. The number of nitrogens with two attached hydrogens (primary N) is 4. The second-order valence-electron chi connectivity index (χ2n) is 11.3. The molecule has 0 saturated carbocycles. The summed E-state index contributed by atoms with van der Waals surface area (Å²) >= 11 is 0. The average Bonchev–Trinajstić information content (AvgIpc) is 3.01. The summed E-state index contributed by atoms with van der Waals surface area (Å²) in [6.07, 6.45) is 0. The zero-order valence-corrected chi connectivity index (χ0v) is 24.6. The molecule has 5 aromatic carbocycles. The molecule has 8 nitrogen and oxygen atoms in total. The Bertz CT molecular complexity index is 2270. The Morgan fingerprint density at radius 2 is 1.20 bits per heavy atom. The molecular formula is C37H28N7O+. The molecule has 0 aliphatic heterocycles. The van der Waals surface area contributed by atoms with Gasteiger partial charge in [0.25, 0.3) is 5.70 Å². The maximum absolute atomic E-state index is 12.3. The predicted octanol–water partition coefficient (Wildman–Crippen LogP) is 6.23.